The van der Waals surface area contributed by atoms with E-state index in [9.17, 15) is 4.79 Å². The third-order valence-electron chi connectivity index (χ3n) is 3.28. The number of benzene rings is 1. The first-order valence-electron chi connectivity index (χ1n) is 6.94. The summed E-state index contributed by atoms with van der Waals surface area (Å²) in [5, 5.41) is 6.72. The number of rotatable bonds is 4. The predicted octanol–water partition coefficient (Wildman–Crippen LogP) is 1.71. The standard InChI is InChI=1S/C14H18N4O2S.ClH/c1-15-9-13(19)16-10-2-3-11-12(8-10)21-14(17-11)18-4-6-20-7-5-18;/h2-3,8,15H,4-7,9H2,1H3,(H,16,19);1H. The molecule has 1 saturated heterocycles. The number of halogens is 1. The van der Waals surface area contributed by atoms with E-state index in [0.29, 0.717) is 6.54 Å². The lowest BCUT2D eigenvalue weighted by Crippen LogP contribution is -2.36. The number of hydrogen-bond donors (Lipinski definition) is 2. The molecule has 1 aromatic carbocycles. The first-order chi connectivity index (χ1) is 10.3. The third kappa shape index (κ3) is 3.86. The topological polar surface area (TPSA) is 66.5 Å². The molecule has 8 heteroatoms. The molecule has 0 radical (unpaired) electrons. The van der Waals surface area contributed by atoms with Crippen molar-refractivity contribution in [1.29, 1.82) is 0 Å². The minimum Gasteiger partial charge on any atom is -0.378 e. The van der Waals surface area contributed by atoms with E-state index in [2.05, 4.69) is 20.5 Å². The first-order valence-corrected chi connectivity index (χ1v) is 7.75. The number of likely N-dealkylation sites (N-methyl/N-ethyl adjacent to an activating group) is 1. The number of anilines is 2. The normalized spacial score (nSPS) is 14.7. The smallest absolute Gasteiger partial charge is 0.238 e. The number of hydrogen-bond acceptors (Lipinski definition) is 6. The maximum absolute atomic E-state index is 11.6. The molecular weight excluding hydrogens is 324 g/mol. The average Bonchev–Trinajstić information content (AvgIpc) is 2.91. The van der Waals surface area contributed by atoms with Crippen molar-refractivity contribution in [3.63, 3.8) is 0 Å². The van der Waals surface area contributed by atoms with Gasteiger partial charge in [-0.15, -0.1) is 12.4 Å². The molecule has 120 valence electrons. The maximum Gasteiger partial charge on any atom is 0.238 e. The van der Waals surface area contributed by atoms with E-state index < -0.39 is 0 Å². The molecule has 0 unspecified atom stereocenters. The van der Waals surface area contributed by atoms with Gasteiger partial charge in [-0.3, -0.25) is 4.79 Å². The number of morpholine rings is 1. The van der Waals surface area contributed by atoms with Crippen LogP contribution in [0.4, 0.5) is 10.8 Å². The van der Waals surface area contributed by atoms with Crippen molar-refractivity contribution in [2.75, 3.05) is 50.1 Å². The van der Waals surface area contributed by atoms with Crippen molar-refractivity contribution < 1.29 is 9.53 Å². The van der Waals surface area contributed by atoms with Gasteiger partial charge in [0.1, 0.15) is 0 Å². The summed E-state index contributed by atoms with van der Waals surface area (Å²) in [4.78, 5) is 18.5. The second-order valence-corrected chi connectivity index (χ2v) is 5.87. The molecule has 6 nitrogen and oxygen atoms in total. The van der Waals surface area contributed by atoms with Crippen LogP contribution in [0, 0.1) is 0 Å². The molecule has 1 amide bonds. The second-order valence-electron chi connectivity index (χ2n) is 4.86. The molecule has 0 atom stereocenters. The lowest BCUT2D eigenvalue weighted by molar-refractivity contribution is -0.115. The van der Waals surface area contributed by atoms with Crippen molar-refractivity contribution in [3.8, 4) is 0 Å². The summed E-state index contributed by atoms with van der Waals surface area (Å²) < 4.78 is 6.45. The number of fused-ring (bicyclic) bond motifs is 1. The number of nitrogens with one attached hydrogen (secondary N) is 2. The van der Waals surface area contributed by atoms with Crippen LogP contribution >= 0.6 is 23.7 Å². The fourth-order valence-corrected chi connectivity index (χ4v) is 3.30. The summed E-state index contributed by atoms with van der Waals surface area (Å²) in [5.74, 6) is -0.0465. The van der Waals surface area contributed by atoms with Crippen LogP contribution in [0.3, 0.4) is 0 Å². The van der Waals surface area contributed by atoms with E-state index in [-0.39, 0.29) is 18.3 Å². The Labute approximate surface area is 139 Å². The van der Waals surface area contributed by atoms with Gasteiger partial charge in [0, 0.05) is 18.8 Å². The molecule has 3 rings (SSSR count). The van der Waals surface area contributed by atoms with Crippen molar-refractivity contribution >= 4 is 50.7 Å². The van der Waals surface area contributed by atoms with Gasteiger partial charge in [0.05, 0.1) is 30.0 Å². The Hall–Kier alpha value is -1.41. The lowest BCUT2D eigenvalue weighted by Gasteiger charge is -2.25. The quantitative estimate of drug-likeness (QED) is 0.885. The van der Waals surface area contributed by atoms with Gasteiger partial charge in [-0.25, -0.2) is 4.98 Å². The molecule has 22 heavy (non-hydrogen) atoms. The van der Waals surface area contributed by atoms with Gasteiger partial charge in [-0.05, 0) is 25.2 Å². The predicted molar refractivity (Wildman–Crippen MR) is 92.5 cm³/mol. The molecule has 2 N–H and O–H groups in total. The van der Waals surface area contributed by atoms with Gasteiger partial charge in [-0.1, -0.05) is 11.3 Å². The highest BCUT2D eigenvalue weighted by atomic mass is 35.5. The van der Waals surface area contributed by atoms with E-state index in [1.807, 2.05) is 18.2 Å². The van der Waals surface area contributed by atoms with Gasteiger partial charge in [0.15, 0.2) is 5.13 Å². The summed E-state index contributed by atoms with van der Waals surface area (Å²) in [6.07, 6.45) is 0. The van der Waals surface area contributed by atoms with E-state index in [4.69, 9.17) is 4.74 Å². The van der Waals surface area contributed by atoms with Gasteiger partial charge >= 0.3 is 0 Å². The summed E-state index contributed by atoms with van der Waals surface area (Å²) in [7, 11) is 1.75. The van der Waals surface area contributed by atoms with Crippen LogP contribution < -0.4 is 15.5 Å². The average molecular weight is 343 g/mol. The zero-order chi connectivity index (χ0) is 14.7. The summed E-state index contributed by atoms with van der Waals surface area (Å²) in [6.45, 7) is 3.57. The molecule has 0 saturated carbocycles. The maximum atomic E-state index is 11.6. The van der Waals surface area contributed by atoms with E-state index in [1.54, 1.807) is 18.4 Å². The van der Waals surface area contributed by atoms with Crippen LogP contribution in [-0.4, -0.2) is 50.8 Å². The minimum atomic E-state index is -0.0465. The Balaban J connectivity index is 0.00000176. The summed E-state index contributed by atoms with van der Waals surface area (Å²) in [5.41, 5.74) is 1.77. The zero-order valence-electron chi connectivity index (χ0n) is 12.3. The summed E-state index contributed by atoms with van der Waals surface area (Å²) >= 11 is 1.65. The van der Waals surface area contributed by atoms with Gasteiger partial charge in [-0.2, -0.15) is 0 Å². The fraction of sp³-hybridized carbons (Fsp3) is 0.429. The lowest BCUT2D eigenvalue weighted by atomic mass is 10.3. The fourth-order valence-electron chi connectivity index (χ4n) is 2.25. The number of aromatic nitrogens is 1. The van der Waals surface area contributed by atoms with Crippen LogP contribution in [0.15, 0.2) is 18.2 Å². The van der Waals surface area contributed by atoms with Gasteiger partial charge < -0.3 is 20.3 Å². The molecule has 1 fully saturated rings. The monoisotopic (exact) mass is 342 g/mol. The Morgan fingerprint density at radius 2 is 2.18 bits per heavy atom. The number of ether oxygens (including phenoxy) is 1. The third-order valence-corrected chi connectivity index (χ3v) is 4.36. The highest BCUT2D eigenvalue weighted by molar-refractivity contribution is 7.22. The Kier molecular flexibility index (Phi) is 5.96. The van der Waals surface area contributed by atoms with Crippen LogP contribution in [0.2, 0.25) is 0 Å². The number of nitrogens with zero attached hydrogens (tertiary/aromatic N) is 2. The number of amides is 1. The molecule has 0 aliphatic carbocycles. The number of thiazole rings is 1. The molecule has 1 aromatic heterocycles. The minimum absolute atomic E-state index is 0. The molecular formula is C14H19ClN4O2S. The molecule has 1 aliphatic heterocycles. The summed E-state index contributed by atoms with van der Waals surface area (Å²) in [6, 6.07) is 5.81. The van der Waals surface area contributed by atoms with E-state index >= 15 is 0 Å². The number of carbonyl (C=O) groups is 1. The molecule has 1 aliphatic rings. The zero-order valence-corrected chi connectivity index (χ0v) is 13.9. The van der Waals surface area contributed by atoms with Crippen LogP contribution in [0.25, 0.3) is 10.2 Å². The SMILES string of the molecule is CNCC(=O)Nc1ccc2nc(N3CCOCC3)sc2c1.Cl. The van der Waals surface area contributed by atoms with Crippen LogP contribution in [-0.2, 0) is 9.53 Å². The highest BCUT2D eigenvalue weighted by Crippen LogP contribution is 2.31. The molecule has 0 spiro atoms. The van der Waals surface area contributed by atoms with Crippen LogP contribution in [0.5, 0.6) is 0 Å². The molecule has 2 aromatic rings. The number of carbonyl (C=O) groups excluding carboxylic acids is 1. The Bertz CT molecular complexity index is 643. The Morgan fingerprint density at radius 1 is 1.41 bits per heavy atom. The molecule has 0 bridgehead atoms. The molecule has 2 heterocycles. The Morgan fingerprint density at radius 3 is 2.91 bits per heavy atom. The van der Waals surface area contributed by atoms with Crippen molar-refractivity contribution in [1.82, 2.24) is 10.3 Å². The van der Waals surface area contributed by atoms with E-state index in [1.165, 1.54) is 0 Å². The van der Waals surface area contributed by atoms with E-state index in [0.717, 1.165) is 47.3 Å². The van der Waals surface area contributed by atoms with Gasteiger partial charge in [0.25, 0.3) is 0 Å². The highest BCUT2D eigenvalue weighted by Gasteiger charge is 2.15. The first kappa shape index (κ1) is 17.0. The van der Waals surface area contributed by atoms with Crippen LogP contribution in [0.1, 0.15) is 0 Å². The second kappa shape index (κ2) is 7.73. The van der Waals surface area contributed by atoms with Crippen molar-refractivity contribution in [2.24, 2.45) is 0 Å². The van der Waals surface area contributed by atoms with Crippen molar-refractivity contribution in [2.45, 2.75) is 0 Å². The largest absolute Gasteiger partial charge is 0.378 e. The van der Waals surface area contributed by atoms with Gasteiger partial charge in [0.2, 0.25) is 5.91 Å². The van der Waals surface area contributed by atoms with Crippen molar-refractivity contribution in [3.05, 3.63) is 18.2 Å².